The van der Waals surface area contributed by atoms with Crippen LogP contribution in [0.5, 0.6) is 5.75 Å². The second-order valence-electron chi connectivity index (χ2n) is 6.18. The molecule has 134 valence electrons. The molecule has 2 N–H and O–H groups in total. The van der Waals surface area contributed by atoms with E-state index in [1.54, 1.807) is 24.3 Å². The Morgan fingerprint density at radius 3 is 2.62 bits per heavy atom. The van der Waals surface area contributed by atoms with Gasteiger partial charge in [0.2, 0.25) is 5.91 Å². The molecule has 0 spiro atoms. The van der Waals surface area contributed by atoms with Crippen molar-refractivity contribution in [2.75, 3.05) is 19.7 Å². The van der Waals surface area contributed by atoms with Crippen molar-refractivity contribution < 1.29 is 14.3 Å². The molecule has 24 heavy (non-hydrogen) atoms. The van der Waals surface area contributed by atoms with Crippen LogP contribution in [0.15, 0.2) is 24.3 Å². The molecule has 5 nitrogen and oxygen atoms in total. The van der Waals surface area contributed by atoms with Crippen molar-refractivity contribution >= 4 is 24.1 Å². The molecule has 0 bridgehead atoms. The summed E-state index contributed by atoms with van der Waals surface area (Å²) in [7, 11) is 0. The summed E-state index contributed by atoms with van der Waals surface area (Å²) in [5.74, 6) is 1.34. The average Bonchev–Trinajstić information content (AvgIpc) is 2.54. The smallest absolute Gasteiger partial charge is 0.220 e. The van der Waals surface area contributed by atoms with Gasteiger partial charge in [0.1, 0.15) is 5.75 Å². The highest BCUT2D eigenvalue weighted by Crippen LogP contribution is 2.13. The van der Waals surface area contributed by atoms with E-state index < -0.39 is 0 Å². The molecule has 1 aliphatic rings. The number of ketones is 1. The molecule has 2 rings (SSSR count). The van der Waals surface area contributed by atoms with Crippen molar-refractivity contribution in [3.63, 3.8) is 0 Å². The minimum atomic E-state index is 0. The van der Waals surface area contributed by atoms with Crippen molar-refractivity contribution in [3.05, 3.63) is 29.8 Å². The van der Waals surface area contributed by atoms with E-state index in [-0.39, 0.29) is 30.1 Å². The van der Waals surface area contributed by atoms with E-state index in [0.29, 0.717) is 30.9 Å². The lowest BCUT2D eigenvalue weighted by atomic mass is 9.95. The lowest BCUT2D eigenvalue weighted by Crippen LogP contribution is -2.48. The molecule has 0 saturated carbocycles. The molecule has 2 unspecified atom stereocenters. The Morgan fingerprint density at radius 1 is 1.29 bits per heavy atom. The number of benzene rings is 1. The van der Waals surface area contributed by atoms with E-state index in [1.165, 1.54) is 6.92 Å². The first-order valence-corrected chi connectivity index (χ1v) is 8.30. The third-order valence-corrected chi connectivity index (χ3v) is 4.21. The second kappa shape index (κ2) is 10.3. The normalized spacial score (nSPS) is 19.9. The zero-order valence-corrected chi connectivity index (χ0v) is 15.2. The van der Waals surface area contributed by atoms with Crippen LogP contribution in [0.1, 0.15) is 43.5 Å². The van der Waals surface area contributed by atoms with Gasteiger partial charge >= 0.3 is 0 Å². The number of hydrogen-bond donors (Lipinski definition) is 2. The molecule has 0 radical (unpaired) electrons. The van der Waals surface area contributed by atoms with Gasteiger partial charge in [-0.05, 0) is 63.0 Å². The minimum absolute atomic E-state index is 0. The van der Waals surface area contributed by atoms with Gasteiger partial charge in [0.15, 0.2) is 5.78 Å². The molecule has 1 aliphatic heterocycles. The van der Waals surface area contributed by atoms with E-state index in [1.807, 2.05) is 0 Å². The van der Waals surface area contributed by atoms with Crippen LogP contribution in [0, 0.1) is 5.92 Å². The van der Waals surface area contributed by atoms with E-state index in [2.05, 4.69) is 17.6 Å². The van der Waals surface area contributed by atoms with Gasteiger partial charge in [-0.1, -0.05) is 6.92 Å². The standard InChI is InChI=1S/C18H26N2O3.ClH/c1-13-12-19-10-9-17(13)20-18(22)4-3-11-23-16-7-5-15(6-8-16)14(2)21;/h5-8,13,17,19H,3-4,9-12H2,1-2H3,(H,20,22);1H. The first-order valence-electron chi connectivity index (χ1n) is 8.30. The fourth-order valence-electron chi connectivity index (χ4n) is 2.72. The molecular formula is C18H27ClN2O3. The first-order chi connectivity index (χ1) is 11.1. The zero-order chi connectivity index (χ0) is 16.7. The van der Waals surface area contributed by atoms with E-state index in [4.69, 9.17) is 4.74 Å². The summed E-state index contributed by atoms with van der Waals surface area (Å²) < 4.78 is 5.60. The van der Waals surface area contributed by atoms with Gasteiger partial charge in [0, 0.05) is 18.0 Å². The number of carbonyl (C=O) groups is 2. The molecule has 6 heteroatoms. The van der Waals surface area contributed by atoms with Crippen LogP contribution < -0.4 is 15.4 Å². The number of amides is 1. The van der Waals surface area contributed by atoms with Crippen molar-refractivity contribution in [1.29, 1.82) is 0 Å². The van der Waals surface area contributed by atoms with Crippen molar-refractivity contribution in [2.24, 2.45) is 5.92 Å². The summed E-state index contributed by atoms with van der Waals surface area (Å²) in [6, 6.07) is 7.36. The van der Waals surface area contributed by atoms with Crippen LogP contribution in [-0.2, 0) is 4.79 Å². The van der Waals surface area contributed by atoms with Gasteiger partial charge in [-0.2, -0.15) is 0 Å². The van der Waals surface area contributed by atoms with Gasteiger partial charge in [-0.3, -0.25) is 9.59 Å². The molecular weight excluding hydrogens is 328 g/mol. The second-order valence-corrected chi connectivity index (χ2v) is 6.18. The quantitative estimate of drug-likeness (QED) is 0.583. The number of nitrogens with one attached hydrogen (secondary N) is 2. The number of halogens is 1. The van der Waals surface area contributed by atoms with E-state index in [0.717, 1.165) is 25.3 Å². The van der Waals surface area contributed by atoms with Crippen molar-refractivity contribution in [2.45, 2.75) is 39.2 Å². The van der Waals surface area contributed by atoms with Gasteiger partial charge in [0.05, 0.1) is 6.61 Å². The van der Waals surface area contributed by atoms with Crippen molar-refractivity contribution in [3.8, 4) is 5.75 Å². The van der Waals surface area contributed by atoms with Crippen LogP contribution in [0.2, 0.25) is 0 Å². The zero-order valence-electron chi connectivity index (χ0n) is 14.3. The summed E-state index contributed by atoms with van der Waals surface area (Å²) in [6.45, 7) is 6.12. The van der Waals surface area contributed by atoms with E-state index >= 15 is 0 Å². The summed E-state index contributed by atoms with van der Waals surface area (Å²) in [6.07, 6.45) is 2.15. The minimum Gasteiger partial charge on any atom is -0.494 e. The predicted molar refractivity (Wildman–Crippen MR) is 97.0 cm³/mol. The Bertz CT molecular complexity index is 534. The Morgan fingerprint density at radius 2 is 2.00 bits per heavy atom. The van der Waals surface area contributed by atoms with Crippen LogP contribution >= 0.6 is 12.4 Å². The highest BCUT2D eigenvalue weighted by molar-refractivity contribution is 5.94. The topological polar surface area (TPSA) is 67.4 Å². The van der Waals surface area contributed by atoms with Crippen LogP contribution in [0.4, 0.5) is 0 Å². The number of carbonyl (C=O) groups excluding carboxylic acids is 2. The van der Waals surface area contributed by atoms with Gasteiger partial charge in [-0.15, -0.1) is 12.4 Å². The first kappa shape index (κ1) is 20.5. The Labute approximate surface area is 149 Å². The predicted octanol–water partition coefficient (Wildman–Crippen LogP) is 2.58. The largest absolute Gasteiger partial charge is 0.494 e. The maximum Gasteiger partial charge on any atom is 0.220 e. The highest BCUT2D eigenvalue weighted by atomic mass is 35.5. The average molecular weight is 355 g/mol. The monoisotopic (exact) mass is 354 g/mol. The van der Waals surface area contributed by atoms with E-state index in [9.17, 15) is 9.59 Å². The molecule has 1 aromatic carbocycles. The Hall–Kier alpha value is -1.59. The Balaban J connectivity index is 0.00000288. The van der Waals surface area contributed by atoms with Crippen molar-refractivity contribution in [1.82, 2.24) is 10.6 Å². The molecule has 1 saturated heterocycles. The number of hydrogen-bond acceptors (Lipinski definition) is 4. The van der Waals surface area contributed by atoms with Crippen LogP contribution in [-0.4, -0.2) is 37.4 Å². The van der Waals surface area contributed by atoms with Crippen LogP contribution in [0.3, 0.4) is 0 Å². The Kier molecular flexibility index (Phi) is 8.79. The third kappa shape index (κ3) is 6.49. The molecule has 1 heterocycles. The summed E-state index contributed by atoms with van der Waals surface area (Å²) in [4.78, 5) is 23.2. The number of piperidine rings is 1. The van der Waals surface area contributed by atoms with Gasteiger partial charge in [-0.25, -0.2) is 0 Å². The molecule has 0 aromatic heterocycles. The lowest BCUT2D eigenvalue weighted by molar-refractivity contribution is -0.122. The summed E-state index contributed by atoms with van der Waals surface area (Å²) in [5, 5.41) is 6.44. The van der Waals surface area contributed by atoms with Gasteiger partial charge < -0.3 is 15.4 Å². The lowest BCUT2D eigenvalue weighted by Gasteiger charge is -2.30. The molecule has 2 atom stereocenters. The third-order valence-electron chi connectivity index (χ3n) is 4.21. The SMILES string of the molecule is CC(=O)c1ccc(OCCCC(=O)NC2CCNCC2C)cc1.Cl. The van der Waals surface area contributed by atoms with Crippen LogP contribution in [0.25, 0.3) is 0 Å². The number of Topliss-reactive ketones (excluding diaryl/α,β-unsaturated/α-hetero) is 1. The van der Waals surface area contributed by atoms with Gasteiger partial charge in [0.25, 0.3) is 0 Å². The summed E-state index contributed by atoms with van der Waals surface area (Å²) in [5.41, 5.74) is 0.674. The molecule has 1 aromatic rings. The summed E-state index contributed by atoms with van der Waals surface area (Å²) >= 11 is 0. The number of ether oxygens (including phenoxy) is 1. The fourth-order valence-corrected chi connectivity index (χ4v) is 2.72. The highest BCUT2D eigenvalue weighted by Gasteiger charge is 2.22. The molecule has 1 amide bonds. The molecule has 1 fully saturated rings. The maximum atomic E-state index is 12.0. The molecule has 0 aliphatic carbocycles. The number of rotatable bonds is 7. The fraction of sp³-hybridized carbons (Fsp3) is 0.556. The maximum absolute atomic E-state index is 12.0.